The number of rotatable bonds is 2. The number of benzene rings is 1. The zero-order chi connectivity index (χ0) is 14.3. The molecule has 0 spiro atoms. The fourth-order valence-electron chi connectivity index (χ4n) is 3.77. The van der Waals surface area contributed by atoms with E-state index in [1.165, 1.54) is 12.8 Å². The summed E-state index contributed by atoms with van der Waals surface area (Å²) >= 11 is 0. The summed E-state index contributed by atoms with van der Waals surface area (Å²) in [4.78, 5) is 14.8. The Hall–Kier alpha value is -1.35. The maximum absolute atomic E-state index is 12.3. The SMILES string of the molecule is Cc1cc(C)cc(C(=O)OC2CC3CCC(C2)N3C)c1. The van der Waals surface area contributed by atoms with Crippen LogP contribution in [0, 0.1) is 13.8 Å². The molecular weight excluding hydrogens is 250 g/mol. The van der Waals surface area contributed by atoms with Crippen molar-refractivity contribution in [2.24, 2.45) is 0 Å². The smallest absolute Gasteiger partial charge is 0.338 e. The molecule has 0 aromatic heterocycles. The van der Waals surface area contributed by atoms with Crippen LogP contribution in [0.25, 0.3) is 0 Å². The number of esters is 1. The van der Waals surface area contributed by atoms with Gasteiger partial charge in [-0.15, -0.1) is 0 Å². The molecule has 0 radical (unpaired) electrons. The Morgan fingerprint density at radius 1 is 1.10 bits per heavy atom. The Kier molecular flexibility index (Phi) is 3.55. The van der Waals surface area contributed by atoms with Gasteiger partial charge in [0, 0.05) is 24.9 Å². The average Bonchev–Trinajstić information content (AvgIpc) is 2.61. The van der Waals surface area contributed by atoms with Crippen molar-refractivity contribution in [1.82, 2.24) is 4.90 Å². The molecule has 3 nitrogen and oxygen atoms in total. The quantitative estimate of drug-likeness (QED) is 0.776. The van der Waals surface area contributed by atoms with Crippen LogP contribution in [0.3, 0.4) is 0 Å². The van der Waals surface area contributed by atoms with Gasteiger partial charge in [0.15, 0.2) is 0 Å². The van der Waals surface area contributed by atoms with Crippen LogP contribution in [-0.2, 0) is 4.74 Å². The highest BCUT2D eigenvalue weighted by atomic mass is 16.5. The van der Waals surface area contributed by atoms with E-state index in [1.54, 1.807) is 0 Å². The van der Waals surface area contributed by atoms with Gasteiger partial charge in [0.05, 0.1) is 5.56 Å². The second-order valence-electron chi connectivity index (χ2n) is 6.43. The molecule has 3 rings (SSSR count). The van der Waals surface area contributed by atoms with E-state index in [1.807, 2.05) is 26.0 Å². The minimum atomic E-state index is -0.161. The Morgan fingerprint density at radius 2 is 1.65 bits per heavy atom. The molecule has 0 aliphatic carbocycles. The molecular formula is C17H23NO2. The lowest BCUT2D eigenvalue weighted by atomic mass is 10.0. The molecule has 2 bridgehead atoms. The predicted octanol–water partition coefficient (Wildman–Crippen LogP) is 3.09. The highest BCUT2D eigenvalue weighted by molar-refractivity contribution is 5.90. The van der Waals surface area contributed by atoms with E-state index < -0.39 is 0 Å². The van der Waals surface area contributed by atoms with Crippen molar-refractivity contribution in [2.45, 2.75) is 57.7 Å². The van der Waals surface area contributed by atoms with Gasteiger partial charge in [0.2, 0.25) is 0 Å². The number of aryl methyl sites for hydroxylation is 2. The summed E-state index contributed by atoms with van der Waals surface area (Å²) in [6.07, 6.45) is 4.57. The molecule has 3 heteroatoms. The van der Waals surface area contributed by atoms with E-state index in [4.69, 9.17) is 4.74 Å². The van der Waals surface area contributed by atoms with E-state index in [-0.39, 0.29) is 12.1 Å². The van der Waals surface area contributed by atoms with Crippen LogP contribution in [0.5, 0.6) is 0 Å². The monoisotopic (exact) mass is 273 g/mol. The van der Waals surface area contributed by atoms with Gasteiger partial charge >= 0.3 is 5.97 Å². The van der Waals surface area contributed by atoms with Gasteiger partial charge in [0.1, 0.15) is 6.10 Å². The molecule has 0 N–H and O–H groups in total. The third-order valence-electron chi connectivity index (χ3n) is 4.79. The Labute approximate surface area is 120 Å². The molecule has 2 saturated heterocycles. The summed E-state index contributed by atoms with van der Waals surface area (Å²) < 4.78 is 5.75. The summed E-state index contributed by atoms with van der Waals surface area (Å²) in [5.74, 6) is -0.161. The van der Waals surface area contributed by atoms with Crippen LogP contribution in [0.1, 0.15) is 47.2 Å². The van der Waals surface area contributed by atoms with E-state index in [0.29, 0.717) is 17.6 Å². The summed E-state index contributed by atoms with van der Waals surface area (Å²) in [7, 11) is 2.20. The number of ether oxygens (including phenoxy) is 1. The van der Waals surface area contributed by atoms with Crippen molar-refractivity contribution in [1.29, 1.82) is 0 Å². The number of fused-ring (bicyclic) bond motifs is 2. The van der Waals surface area contributed by atoms with Crippen LogP contribution < -0.4 is 0 Å². The minimum Gasteiger partial charge on any atom is -0.459 e. The van der Waals surface area contributed by atoms with Gasteiger partial charge in [0.25, 0.3) is 0 Å². The molecule has 2 unspecified atom stereocenters. The molecule has 108 valence electrons. The normalized spacial score (nSPS) is 29.4. The molecule has 2 heterocycles. The van der Waals surface area contributed by atoms with Crippen molar-refractivity contribution in [3.05, 3.63) is 34.9 Å². The van der Waals surface area contributed by atoms with Crippen molar-refractivity contribution >= 4 is 5.97 Å². The summed E-state index contributed by atoms with van der Waals surface area (Å²) in [5, 5.41) is 0. The van der Waals surface area contributed by atoms with Crippen molar-refractivity contribution in [3.63, 3.8) is 0 Å². The lowest BCUT2D eigenvalue weighted by Crippen LogP contribution is -2.43. The van der Waals surface area contributed by atoms with E-state index in [0.717, 1.165) is 24.0 Å². The van der Waals surface area contributed by atoms with E-state index in [9.17, 15) is 4.79 Å². The van der Waals surface area contributed by atoms with Crippen molar-refractivity contribution in [3.8, 4) is 0 Å². The van der Waals surface area contributed by atoms with E-state index >= 15 is 0 Å². The zero-order valence-corrected chi connectivity index (χ0v) is 12.6. The molecule has 0 amide bonds. The van der Waals surface area contributed by atoms with Crippen LogP contribution >= 0.6 is 0 Å². The van der Waals surface area contributed by atoms with Gasteiger partial charge in [-0.25, -0.2) is 4.79 Å². The van der Waals surface area contributed by atoms with E-state index in [2.05, 4.69) is 18.0 Å². The summed E-state index contributed by atoms with van der Waals surface area (Å²) in [6, 6.07) is 7.11. The Morgan fingerprint density at radius 3 is 2.20 bits per heavy atom. The first kappa shape index (κ1) is 13.6. The topological polar surface area (TPSA) is 29.5 Å². The van der Waals surface area contributed by atoms with Crippen LogP contribution in [0.2, 0.25) is 0 Å². The van der Waals surface area contributed by atoms with Gasteiger partial charge in [-0.05, 0) is 45.9 Å². The first-order valence-electron chi connectivity index (χ1n) is 7.54. The lowest BCUT2D eigenvalue weighted by molar-refractivity contribution is -0.000465. The standard InChI is InChI=1S/C17H23NO2/c1-11-6-12(2)8-13(7-11)17(19)20-16-9-14-4-5-15(10-16)18(14)3/h6-8,14-16H,4-5,9-10H2,1-3H3. The molecule has 2 atom stereocenters. The van der Waals surface area contributed by atoms with Gasteiger partial charge in [-0.1, -0.05) is 17.2 Å². The Bertz CT molecular complexity index is 491. The second-order valence-corrected chi connectivity index (χ2v) is 6.43. The fraction of sp³-hybridized carbons (Fsp3) is 0.588. The molecule has 2 aliphatic rings. The number of carbonyl (C=O) groups is 1. The molecule has 2 aliphatic heterocycles. The van der Waals surface area contributed by atoms with Crippen LogP contribution in [0.4, 0.5) is 0 Å². The lowest BCUT2D eigenvalue weighted by Gasteiger charge is -2.35. The molecule has 0 saturated carbocycles. The van der Waals surface area contributed by atoms with Gasteiger partial charge < -0.3 is 9.64 Å². The number of nitrogens with zero attached hydrogens (tertiary/aromatic N) is 1. The summed E-state index contributed by atoms with van der Waals surface area (Å²) in [5.41, 5.74) is 2.91. The summed E-state index contributed by atoms with van der Waals surface area (Å²) in [6.45, 7) is 4.03. The number of hydrogen-bond donors (Lipinski definition) is 0. The predicted molar refractivity (Wildman–Crippen MR) is 78.9 cm³/mol. The molecule has 20 heavy (non-hydrogen) atoms. The molecule has 1 aromatic carbocycles. The first-order valence-corrected chi connectivity index (χ1v) is 7.54. The Balaban J connectivity index is 1.67. The number of piperidine rings is 1. The van der Waals surface area contributed by atoms with Crippen molar-refractivity contribution in [2.75, 3.05) is 7.05 Å². The minimum absolute atomic E-state index is 0.0945. The second kappa shape index (κ2) is 5.21. The number of carbonyl (C=O) groups excluding carboxylic acids is 1. The maximum atomic E-state index is 12.3. The van der Waals surface area contributed by atoms with Crippen molar-refractivity contribution < 1.29 is 9.53 Å². The maximum Gasteiger partial charge on any atom is 0.338 e. The van der Waals surface area contributed by atoms with Gasteiger partial charge in [-0.3, -0.25) is 0 Å². The first-order chi connectivity index (χ1) is 9.52. The van der Waals surface area contributed by atoms with Crippen LogP contribution in [0.15, 0.2) is 18.2 Å². The highest BCUT2D eigenvalue weighted by Crippen LogP contribution is 2.35. The largest absolute Gasteiger partial charge is 0.459 e. The molecule has 2 fully saturated rings. The average molecular weight is 273 g/mol. The molecule has 1 aromatic rings. The third kappa shape index (κ3) is 2.59. The highest BCUT2D eigenvalue weighted by Gasteiger charge is 2.39. The van der Waals surface area contributed by atoms with Crippen LogP contribution in [-0.4, -0.2) is 36.1 Å². The third-order valence-corrected chi connectivity index (χ3v) is 4.79. The number of hydrogen-bond acceptors (Lipinski definition) is 3. The van der Waals surface area contributed by atoms with Gasteiger partial charge in [-0.2, -0.15) is 0 Å². The zero-order valence-electron chi connectivity index (χ0n) is 12.6. The fourth-order valence-corrected chi connectivity index (χ4v) is 3.77.